The molecule has 2 unspecified atom stereocenters. The lowest BCUT2D eigenvalue weighted by molar-refractivity contribution is 0.0771. The molecule has 1 saturated heterocycles. The van der Waals surface area contributed by atoms with Crippen LogP contribution in [-0.2, 0) is 4.74 Å². The van der Waals surface area contributed by atoms with Crippen molar-refractivity contribution < 1.29 is 19.0 Å². The highest BCUT2D eigenvalue weighted by Gasteiger charge is 2.38. The summed E-state index contributed by atoms with van der Waals surface area (Å²) in [7, 11) is 4.79. The maximum absolute atomic E-state index is 13.2. The van der Waals surface area contributed by atoms with E-state index in [1.807, 2.05) is 23.1 Å². The van der Waals surface area contributed by atoms with E-state index in [9.17, 15) is 4.79 Å². The topological polar surface area (TPSA) is 60.9 Å². The molecule has 6 heteroatoms. The number of aromatic nitrogens is 1. The van der Waals surface area contributed by atoms with Crippen molar-refractivity contribution in [2.45, 2.75) is 5.92 Å². The third kappa shape index (κ3) is 3.51. The van der Waals surface area contributed by atoms with Crippen molar-refractivity contribution in [3.05, 3.63) is 53.9 Å². The van der Waals surface area contributed by atoms with Gasteiger partial charge in [0.2, 0.25) is 0 Å². The van der Waals surface area contributed by atoms with Gasteiger partial charge in [-0.3, -0.25) is 9.78 Å². The van der Waals surface area contributed by atoms with E-state index in [0.29, 0.717) is 36.8 Å². The highest BCUT2D eigenvalue weighted by atomic mass is 16.5. The van der Waals surface area contributed by atoms with Crippen LogP contribution in [-0.4, -0.2) is 56.8 Å². The largest absolute Gasteiger partial charge is 0.493 e. The van der Waals surface area contributed by atoms with Crippen LogP contribution in [0.1, 0.15) is 22.0 Å². The Labute approximate surface area is 153 Å². The number of pyridine rings is 1. The Kier molecular flexibility index (Phi) is 5.73. The van der Waals surface area contributed by atoms with Crippen LogP contribution in [0.4, 0.5) is 0 Å². The van der Waals surface area contributed by atoms with Gasteiger partial charge in [0, 0.05) is 43.9 Å². The fourth-order valence-corrected chi connectivity index (χ4v) is 3.58. The highest BCUT2D eigenvalue weighted by Crippen LogP contribution is 2.36. The Hall–Kier alpha value is -2.60. The van der Waals surface area contributed by atoms with E-state index in [1.54, 1.807) is 45.7 Å². The number of amides is 1. The van der Waals surface area contributed by atoms with E-state index in [4.69, 9.17) is 14.2 Å². The number of nitrogens with zero attached hydrogens (tertiary/aromatic N) is 2. The second kappa shape index (κ2) is 8.19. The predicted octanol–water partition coefficient (Wildman–Crippen LogP) is 2.60. The van der Waals surface area contributed by atoms with E-state index in [-0.39, 0.29) is 17.7 Å². The van der Waals surface area contributed by atoms with Crippen LogP contribution in [0, 0.1) is 5.92 Å². The first-order chi connectivity index (χ1) is 12.7. The normalized spacial score (nSPS) is 19.4. The number of para-hydroxylation sites is 1. The molecule has 0 radical (unpaired) electrons. The quantitative estimate of drug-likeness (QED) is 0.796. The summed E-state index contributed by atoms with van der Waals surface area (Å²) in [6, 6.07) is 11.2. The number of methoxy groups -OCH3 is 3. The fourth-order valence-electron chi connectivity index (χ4n) is 3.58. The summed E-state index contributed by atoms with van der Waals surface area (Å²) in [5, 5.41) is 0. The summed E-state index contributed by atoms with van der Waals surface area (Å²) >= 11 is 0. The summed E-state index contributed by atoms with van der Waals surface area (Å²) in [5.41, 5.74) is 1.49. The van der Waals surface area contributed by atoms with Gasteiger partial charge in [0.25, 0.3) is 5.91 Å². The Morgan fingerprint density at radius 2 is 1.96 bits per heavy atom. The standard InChI is InChI=1S/C20H24N2O4/c1-24-13-14-11-22(12-16(14)17-8-4-5-10-21-17)20(23)15-7-6-9-18(25-2)19(15)26-3/h4-10,14,16H,11-13H2,1-3H3. The van der Waals surface area contributed by atoms with Crippen molar-refractivity contribution in [1.29, 1.82) is 0 Å². The molecule has 1 aliphatic rings. The van der Waals surface area contributed by atoms with Gasteiger partial charge in [-0.1, -0.05) is 12.1 Å². The molecule has 0 saturated carbocycles. The van der Waals surface area contributed by atoms with Gasteiger partial charge in [0.05, 0.1) is 26.4 Å². The SMILES string of the molecule is COCC1CN(C(=O)c2cccc(OC)c2OC)CC1c1ccccn1. The molecule has 2 heterocycles. The Morgan fingerprint density at radius 3 is 2.62 bits per heavy atom. The zero-order valence-electron chi connectivity index (χ0n) is 15.3. The number of likely N-dealkylation sites (tertiary alicyclic amines) is 1. The van der Waals surface area contributed by atoms with E-state index >= 15 is 0 Å². The molecule has 1 aliphatic heterocycles. The fraction of sp³-hybridized carbons (Fsp3) is 0.400. The second-order valence-corrected chi connectivity index (χ2v) is 6.33. The third-order valence-electron chi connectivity index (χ3n) is 4.81. The number of benzene rings is 1. The molecule has 138 valence electrons. The first-order valence-corrected chi connectivity index (χ1v) is 8.59. The molecule has 0 N–H and O–H groups in total. The van der Waals surface area contributed by atoms with E-state index in [0.717, 1.165) is 5.69 Å². The van der Waals surface area contributed by atoms with Crippen LogP contribution >= 0.6 is 0 Å². The number of rotatable bonds is 6. The molecule has 0 bridgehead atoms. The summed E-state index contributed by atoms with van der Waals surface area (Å²) in [6.07, 6.45) is 1.79. The molecule has 1 aromatic carbocycles. The zero-order chi connectivity index (χ0) is 18.5. The van der Waals surface area contributed by atoms with Crippen molar-refractivity contribution in [2.75, 3.05) is 41.0 Å². The Balaban J connectivity index is 1.87. The lowest BCUT2D eigenvalue weighted by atomic mass is 9.93. The number of hydrogen-bond acceptors (Lipinski definition) is 5. The highest BCUT2D eigenvalue weighted by molar-refractivity contribution is 5.98. The van der Waals surface area contributed by atoms with Gasteiger partial charge in [-0.2, -0.15) is 0 Å². The van der Waals surface area contributed by atoms with Gasteiger partial charge in [-0.15, -0.1) is 0 Å². The Morgan fingerprint density at radius 1 is 1.12 bits per heavy atom. The average Bonchev–Trinajstić information content (AvgIpc) is 3.11. The number of ether oxygens (including phenoxy) is 3. The molecule has 2 atom stereocenters. The van der Waals surface area contributed by atoms with Crippen LogP contribution in [0.15, 0.2) is 42.6 Å². The van der Waals surface area contributed by atoms with Crippen molar-refractivity contribution in [3.8, 4) is 11.5 Å². The first kappa shape index (κ1) is 18.2. The molecular weight excluding hydrogens is 332 g/mol. The van der Waals surface area contributed by atoms with Gasteiger partial charge in [-0.05, 0) is 24.3 Å². The minimum Gasteiger partial charge on any atom is -0.493 e. The van der Waals surface area contributed by atoms with E-state index < -0.39 is 0 Å². The molecule has 6 nitrogen and oxygen atoms in total. The van der Waals surface area contributed by atoms with Gasteiger partial charge < -0.3 is 19.1 Å². The van der Waals surface area contributed by atoms with Crippen LogP contribution in [0.5, 0.6) is 11.5 Å². The molecule has 1 aromatic heterocycles. The molecule has 2 aromatic rings. The maximum atomic E-state index is 13.2. The molecule has 0 spiro atoms. The molecule has 26 heavy (non-hydrogen) atoms. The summed E-state index contributed by atoms with van der Waals surface area (Å²) < 4.78 is 16.1. The smallest absolute Gasteiger partial charge is 0.257 e. The lowest BCUT2D eigenvalue weighted by Crippen LogP contribution is -2.29. The van der Waals surface area contributed by atoms with Crippen LogP contribution in [0.3, 0.4) is 0 Å². The molecule has 1 fully saturated rings. The van der Waals surface area contributed by atoms with Crippen LogP contribution in [0.2, 0.25) is 0 Å². The van der Waals surface area contributed by atoms with E-state index in [2.05, 4.69) is 4.98 Å². The lowest BCUT2D eigenvalue weighted by Gasteiger charge is -2.19. The monoisotopic (exact) mass is 356 g/mol. The maximum Gasteiger partial charge on any atom is 0.257 e. The van der Waals surface area contributed by atoms with Crippen molar-refractivity contribution in [2.24, 2.45) is 5.92 Å². The third-order valence-corrected chi connectivity index (χ3v) is 4.81. The van der Waals surface area contributed by atoms with Crippen LogP contribution in [0.25, 0.3) is 0 Å². The molecule has 0 aliphatic carbocycles. The summed E-state index contributed by atoms with van der Waals surface area (Å²) in [5.74, 6) is 1.30. The molecule has 3 rings (SSSR count). The predicted molar refractivity (Wildman–Crippen MR) is 97.8 cm³/mol. The van der Waals surface area contributed by atoms with Gasteiger partial charge in [-0.25, -0.2) is 0 Å². The molecular formula is C20H24N2O4. The van der Waals surface area contributed by atoms with Crippen LogP contribution < -0.4 is 9.47 Å². The van der Waals surface area contributed by atoms with E-state index in [1.165, 1.54) is 0 Å². The minimum absolute atomic E-state index is 0.0692. The van der Waals surface area contributed by atoms with Gasteiger partial charge in [0.15, 0.2) is 11.5 Å². The van der Waals surface area contributed by atoms with Crippen molar-refractivity contribution in [3.63, 3.8) is 0 Å². The number of carbonyl (C=O) groups excluding carboxylic acids is 1. The minimum atomic E-state index is -0.0692. The number of carbonyl (C=O) groups is 1. The van der Waals surface area contributed by atoms with Crippen molar-refractivity contribution in [1.82, 2.24) is 9.88 Å². The van der Waals surface area contributed by atoms with Crippen molar-refractivity contribution >= 4 is 5.91 Å². The summed E-state index contributed by atoms with van der Waals surface area (Å²) in [4.78, 5) is 19.5. The first-order valence-electron chi connectivity index (χ1n) is 8.59. The molecule has 1 amide bonds. The van der Waals surface area contributed by atoms with Gasteiger partial charge in [0.1, 0.15) is 0 Å². The average molecular weight is 356 g/mol. The summed E-state index contributed by atoms with van der Waals surface area (Å²) in [6.45, 7) is 1.80. The zero-order valence-corrected chi connectivity index (χ0v) is 15.3. The number of hydrogen-bond donors (Lipinski definition) is 0. The second-order valence-electron chi connectivity index (χ2n) is 6.33. The van der Waals surface area contributed by atoms with Gasteiger partial charge >= 0.3 is 0 Å². The Bertz CT molecular complexity index is 751.